The molecule has 4 aromatic rings. The minimum Gasteiger partial charge on any atom is -0.268 e. The van der Waals surface area contributed by atoms with E-state index in [1.807, 2.05) is 48.5 Å². The molecule has 0 bridgehead atoms. The summed E-state index contributed by atoms with van der Waals surface area (Å²) in [6.45, 7) is 2.08. The first-order valence-electron chi connectivity index (χ1n) is 9.89. The summed E-state index contributed by atoms with van der Waals surface area (Å²) in [4.78, 5) is 19.9. The van der Waals surface area contributed by atoms with Crippen LogP contribution in [0.1, 0.15) is 28.4 Å². The number of sulfone groups is 1. The first kappa shape index (κ1) is 21.2. The summed E-state index contributed by atoms with van der Waals surface area (Å²) < 4.78 is 24.4. The number of carbonyl (C=O) groups is 1. The van der Waals surface area contributed by atoms with Crippen LogP contribution >= 0.6 is 11.3 Å². The van der Waals surface area contributed by atoms with Crippen LogP contribution in [-0.2, 0) is 22.0 Å². The van der Waals surface area contributed by atoms with Crippen molar-refractivity contribution >= 4 is 48.1 Å². The highest BCUT2D eigenvalue weighted by Crippen LogP contribution is 2.35. The number of nitrogens with zero attached hydrogens (tertiary/aromatic N) is 2. The van der Waals surface area contributed by atoms with Crippen molar-refractivity contribution in [1.82, 2.24) is 4.98 Å². The fourth-order valence-electron chi connectivity index (χ4n) is 3.38. The number of hydrogen-bond donors (Lipinski definition) is 0. The summed E-state index contributed by atoms with van der Waals surface area (Å²) in [5.41, 5.74) is 3.72. The van der Waals surface area contributed by atoms with Crippen LogP contribution in [-0.4, -0.2) is 25.6 Å². The van der Waals surface area contributed by atoms with E-state index in [1.54, 1.807) is 29.2 Å². The van der Waals surface area contributed by atoms with E-state index in [2.05, 4.69) is 11.9 Å². The molecule has 0 radical (unpaired) electrons. The molecule has 0 unspecified atom stereocenters. The summed E-state index contributed by atoms with van der Waals surface area (Å²) in [6, 6.07) is 22.4. The van der Waals surface area contributed by atoms with Crippen LogP contribution in [0.4, 0.5) is 10.8 Å². The van der Waals surface area contributed by atoms with Gasteiger partial charge >= 0.3 is 0 Å². The normalized spacial score (nSPS) is 11.5. The molecular formula is C24H22N2O3S2. The number of para-hydroxylation sites is 1. The van der Waals surface area contributed by atoms with Gasteiger partial charge in [-0.15, -0.1) is 0 Å². The van der Waals surface area contributed by atoms with E-state index in [9.17, 15) is 13.2 Å². The van der Waals surface area contributed by atoms with Crippen molar-refractivity contribution in [3.05, 3.63) is 89.5 Å². The monoisotopic (exact) mass is 450 g/mol. The number of carbonyl (C=O) groups excluding carboxylic acids is 1. The van der Waals surface area contributed by atoms with E-state index in [0.29, 0.717) is 16.3 Å². The molecule has 1 aromatic heterocycles. The van der Waals surface area contributed by atoms with E-state index < -0.39 is 9.84 Å². The molecule has 1 heterocycles. The van der Waals surface area contributed by atoms with Gasteiger partial charge < -0.3 is 0 Å². The number of rotatable bonds is 6. The van der Waals surface area contributed by atoms with Gasteiger partial charge in [0.25, 0.3) is 5.91 Å². The summed E-state index contributed by atoms with van der Waals surface area (Å²) in [6.07, 6.45) is 2.09. The van der Waals surface area contributed by atoms with Crippen LogP contribution in [0, 0.1) is 0 Å². The molecule has 3 aromatic carbocycles. The number of anilines is 2. The van der Waals surface area contributed by atoms with Gasteiger partial charge in [0.15, 0.2) is 15.0 Å². The van der Waals surface area contributed by atoms with Crippen LogP contribution in [0.3, 0.4) is 0 Å². The predicted molar refractivity (Wildman–Crippen MR) is 127 cm³/mol. The van der Waals surface area contributed by atoms with E-state index in [1.165, 1.54) is 23.2 Å². The number of thiazole rings is 1. The highest BCUT2D eigenvalue weighted by Gasteiger charge is 2.23. The predicted octanol–water partition coefficient (Wildman–Crippen LogP) is 5.38. The zero-order valence-electron chi connectivity index (χ0n) is 17.3. The maximum Gasteiger partial charge on any atom is 0.264 e. The van der Waals surface area contributed by atoms with Gasteiger partial charge in [-0.1, -0.05) is 54.7 Å². The Morgan fingerprint density at radius 2 is 1.71 bits per heavy atom. The van der Waals surface area contributed by atoms with Crippen molar-refractivity contribution < 1.29 is 13.2 Å². The third-order valence-electron chi connectivity index (χ3n) is 4.88. The van der Waals surface area contributed by atoms with E-state index in [0.717, 1.165) is 22.3 Å². The molecule has 0 aliphatic rings. The highest BCUT2D eigenvalue weighted by molar-refractivity contribution is 7.89. The number of fused-ring (bicyclic) bond motifs is 1. The molecule has 0 N–H and O–H groups in total. The van der Waals surface area contributed by atoms with Crippen molar-refractivity contribution in [1.29, 1.82) is 0 Å². The van der Waals surface area contributed by atoms with Crippen LogP contribution in [0.5, 0.6) is 0 Å². The van der Waals surface area contributed by atoms with Crippen molar-refractivity contribution in [3.63, 3.8) is 0 Å². The van der Waals surface area contributed by atoms with Gasteiger partial charge in [0, 0.05) is 11.8 Å². The van der Waals surface area contributed by atoms with Crippen LogP contribution in [0.25, 0.3) is 10.2 Å². The maximum absolute atomic E-state index is 13.6. The number of aromatic nitrogens is 1. The molecule has 7 heteroatoms. The third kappa shape index (κ3) is 4.84. The maximum atomic E-state index is 13.6. The molecule has 31 heavy (non-hydrogen) atoms. The smallest absolute Gasteiger partial charge is 0.264 e. The lowest BCUT2D eigenvalue weighted by molar-refractivity contribution is 0.0999. The van der Waals surface area contributed by atoms with Gasteiger partial charge in [-0.05, 0) is 53.9 Å². The topological polar surface area (TPSA) is 67.3 Å². The van der Waals surface area contributed by atoms with Crippen molar-refractivity contribution in [2.24, 2.45) is 0 Å². The summed E-state index contributed by atoms with van der Waals surface area (Å²) in [7, 11) is -3.20. The minimum atomic E-state index is -3.20. The molecular weight excluding hydrogens is 428 g/mol. The molecule has 0 saturated carbocycles. The summed E-state index contributed by atoms with van der Waals surface area (Å²) >= 11 is 1.45. The van der Waals surface area contributed by atoms with Gasteiger partial charge in [-0.2, -0.15) is 0 Å². The first-order valence-corrected chi connectivity index (χ1v) is 12.8. The lowest BCUT2D eigenvalue weighted by Crippen LogP contribution is -2.26. The average molecular weight is 451 g/mol. The second-order valence-electron chi connectivity index (χ2n) is 7.40. The Kier molecular flexibility index (Phi) is 5.89. The second-order valence-corrected chi connectivity index (χ2v) is 10.5. The molecule has 0 aliphatic carbocycles. The fourth-order valence-corrected chi connectivity index (χ4v) is 5.15. The SMILES string of the molecule is CCc1ccc(N(C(=O)c2cccc(CS(C)(=O)=O)c2)c2nc3ccccc3s2)cc1. The Labute approximate surface area is 185 Å². The van der Waals surface area contributed by atoms with Crippen LogP contribution in [0.2, 0.25) is 0 Å². The molecule has 158 valence electrons. The Morgan fingerprint density at radius 1 is 0.968 bits per heavy atom. The van der Waals surface area contributed by atoms with E-state index in [-0.39, 0.29) is 11.7 Å². The quantitative estimate of drug-likeness (QED) is 0.395. The van der Waals surface area contributed by atoms with Crippen LogP contribution < -0.4 is 4.90 Å². The molecule has 5 nitrogen and oxygen atoms in total. The van der Waals surface area contributed by atoms with E-state index >= 15 is 0 Å². The number of hydrogen-bond acceptors (Lipinski definition) is 5. The minimum absolute atomic E-state index is 0.111. The van der Waals surface area contributed by atoms with Crippen molar-refractivity contribution in [2.45, 2.75) is 19.1 Å². The molecule has 1 amide bonds. The Hall–Kier alpha value is -3.03. The third-order valence-corrected chi connectivity index (χ3v) is 6.76. The van der Waals surface area contributed by atoms with Crippen molar-refractivity contribution in [3.8, 4) is 0 Å². The highest BCUT2D eigenvalue weighted by atomic mass is 32.2. The zero-order valence-corrected chi connectivity index (χ0v) is 18.9. The van der Waals surface area contributed by atoms with E-state index in [4.69, 9.17) is 0 Å². The lowest BCUT2D eigenvalue weighted by Gasteiger charge is -2.21. The fraction of sp³-hybridized carbons (Fsp3) is 0.167. The number of amides is 1. The molecule has 0 spiro atoms. The second kappa shape index (κ2) is 8.61. The van der Waals surface area contributed by atoms with Crippen molar-refractivity contribution in [2.75, 3.05) is 11.2 Å². The van der Waals surface area contributed by atoms with Gasteiger partial charge in [0.1, 0.15) is 0 Å². The molecule has 0 saturated heterocycles. The van der Waals surface area contributed by atoms with Gasteiger partial charge in [0.05, 0.1) is 21.7 Å². The standard InChI is InChI=1S/C24H22N2O3S2/c1-3-17-11-13-20(14-12-17)26(24-25-21-9-4-5-10-22(21)30-24)23(27)19-8-6-7-18(15-19)16-31(2,28)29/h4-15H,3,16H2,1-2H3. The molecule has 0 aliphatic heterocycles. The van der Waals surface area contributed by atoms with Crippen LogP contribution in [0.15, 0.2) is 72.8 Å². The average Bonchev–Trinajstić information content (AvgIpc) is 3.17. The van der Waals surface area contributed by atoms with Gasteiger partial charge in [-0.3, -0.25) is 9.69 Å². The summed E-state index contributed by atoms with van der Waals surface area (Å²) in [5, 5.41) is 0.573. The first-order chi connectivity index (χ1) is 14.8. The Balaban J connectivity index is 1.80. The zero-order chi connectivity index (χ0) is 22.0. The molecule has 0 fully saturated rings. The number of benzene rings is 3. The lowest BCUT2D eigenvalue weighted by atomic mass is 10.1. The Bertz CT molecular complexity index is 1310. The number of aryl methyl sites for hydroxylation is 1. The van der Waals surface area contributed by atoms with Gasteiger partial charge in [-0.25, -0.2) is 13.4 Å². The molecule has 4 rings (SSSR count). The summed E-state index contributed by atoms with van der Waals surface area (Å²) in [5.74, 6) is -0.362. The van der Waals surface area contributed by atoms with Gasteiger partial charge in [0.2, 0.25) is 0 Å². The largest absolute Gasteiger partial charge is 0.268 e. The Morgan fingerprint density at radius 3 is 2.39 bits per heavy atom. The molecule has 0 atom stereocenters.